The van der Waals surface area contributed by atoms with Crippen LogP contribution in [-0.4, -0.2) is 46.9 Å². The summed E-state index contributed by atoms with van der Waals surface area (Å²) in [5.74, 6) is 0.502. The standard InChI is InChI=1S/C24H26N4O3S/c1-16-21(32-23(27-16)18-5-3-11-25-14-18)24(30)28-12-4-6-19(15-28)22(29)26-13-17-7-9-20(31-2)10-8-17/h3,5,7-11,14,19H,4,6,12-13,15H2,1-2H3,(H,26,29). The molecule has 1 atom stereocenters. The molecule has 3 heterocycles. The Balaban J connectivity index is 1.38. The highest BCUT2D eigenvalue weighted by molar-refractivity contribution is 7.17. The number of carbonyl (C=O) groups is 2. The first kappa shape index (κ1) is 22.0. The van der Waals surface area contributed by atoms with Gasteiger partial charge >= 0.3 is 0 Å². The van der Waals surface area contributed by atoms with E-state index in [4.69, 9.17) is 4.74 Å². The van der Waals surface area contributed by atoms with Crippen LogP contribution < -0.4 is 10.1 Å². The second-order valence-corrected chi connectivity index (χ2v) is 8.83. The minimum absolute atomic E-state index is 0.0182. The number of aromatic nitrogens is 2. The van der Waals surface area contributed by atoms with Crippen molar-refractivity contribution in [3.8, 4) is 16.3 Å². The van der Waals surface area contributed by atoms with Gasteiger partial charge in [-0.05, 0) is 49.6 Å². The minimum Gasteiger partial charge on any atom is -0.497 e. The predicted molar refractivity (Wildman–Crippen MR) is 124 cm³/mol. The van der Waals surface area contributed by atoms with E-state index in [9.17, 15) is 9.59 Å². The van der Waals surface area contributed by atoms with E-state index in [2.05, 4.69) is 15.3 Å². The van der Waals surface area contributed by atoms with Crippen LogP contribution in [0.4, 0.5) is 0 Å². The summed E-state index contributed by atoms with van der Waals surface area (Å²) in [6.45, 7) is 3.38. The van der Waals surface area contributed by atoms with Gasteiger partial charge in [-0.1, -0.05) is 12.1 Å². The Morgan fingerprint density at radius 1 is 1.25 bits per heavy atom. The minimum atomic E-state index is -0.211. The summed E-state index contributed by atoms with van der Waals surface area (Å²) in [6.07, 6.45) is 5.04. The summed E-state index contributed by atoms with van der Waals surface area (Å²) in [4.78, 5) is 37.1. The molecule has 1 aliphatic heterocycles. The Morgan fingerprint density at radius 3 is 2.78 bits per heavy atom. The first-order chi connectivity index (χ1) is 15.5. The maximum Gasteiger partial charge on any atom is 0.265 e. The van der Waals surface area contributed by atoms with Crippen LogP contribution in [0.3, 0.4) is 0 Å². The fourth-order valence-electron chi connectivity index (χ4n) is 3.80. The fraction of sp³-hybridized carbons (Fsp3) is 0.333. The average molecular weight is 451 g/mol. The number of aryl methyl sites for hydroxylation is 1. The van der Waals surface area contributed by atoms with Crippen molar-refractivity contribution >= 4 is 23.2 Å². The van der Waals surface area contributed by atoms with E-state index in [1.54, 1.807) is 24.4 Å². The molecule has 2 aromatic heterocycles. The molecule has 4 rings (SSSR count). The number of methoxy groups -OCH3 is 1. The van der Waals surface area contributed by atoms with Crippen LogP contribution in [0.25, 0.3) is 10.6 Å². The van der Waals surface area contributed by atoms with Crippen LogP contribution in [0.15, 0.2) is 48.8 Å². The molecule has 0 aliphatic carbocycles. The lowest BCUT2D eigenvalue weighted by molar-refractivity contribution is -0.126. The molecule has 0 saturated carbocycles. The Hall–Kier alpha value is -3.26. The first-order valence-corrected chi connectivity index (χ1v) is 11.4. The number of carbonyl (C=O) groups excluding carboxylic acids is 2. The molecular weight excluding hydrogens is 424 g/mol. The smallest absolute Gasteiger partial charge is 0.265 e. The molecule has 1 saturated heterocycles. The van der Waals surface area contributed by atoms with Gasteiger partial charge in [-0.3, -0.25) is 14.6 Å². The van der Waals surface area contributed by atoms with Crippen molar-refractivity contribution in [1.82, 2.24) is 20.2 Å². The lowest BCUT2D eigenvalue weighted by Crippen LogP contribution is -2.45. The normalized spacial score (nSPS) is 15.9. The largest absolute Gasteiger partial charge is 0.497 e. The molecule has 0 bridgehead atoms. The van der Waals surface area contributed by atoms with Gasteiger partial charge in [0, 0.05) is 37.6 Å². The van der Waals surface area contributed by atoms with E-state index in [1.165, 1.54) is 11.3 Å². The molecule has 32 heavy (non-hydrogen) atoms. The molecule has 7 nitrogen and oxygen atoms in total. The van der Waals surface area contributed by atoms with Crippen LogP contribution in [0.1, 0.15) is 33.8 Å². The number of ether oxygens (including phenoxy) is 1. The number of benzene rings is 1. The number of rotatable bonds is 6. The molecule has 1 aliphatic rings. The topological polar surface area (TPSA) is 84.4 Å². The second-order valence-electron chi connectivity index (χ2n) is 7.83. The number of pyridine rings is 1. The molecule has 0 radical (unpaired) electrons. The number of hydrogen-bond acceptors (Lipinski definition) is 6. The quantitative estimate of drug-likeness (QED) is 0.619. The van der Waals surface area contributed by atoms with Crippen LogP contribution in [0, 0.1) is 12.8 Å². The number of likely N-dealkylation sites (tertiary alicyclic amines) is 1. The molecule has 1 N–H and O–H groups in total. The van der Waals surface area contributed by atoms with E-state index in [0.717, 1.165) is 34.7 Å². The second kappa shape index (κ2) is 9.91. The van der Waals surface area contributed by atoms with Gasteiger partial charge in [-0.15, -0.1) is 11.3 Å². The van der Waals surface area contributed by atoms with E-state index < -0.39 is 0 Å². The van der Waals surface area contributed by atoms with E-state index in [0.29, 0.717) is 30.2 Å². The number of hydrogen-bond donors (Lipinski definition) is 1. The molecule has 1 aromatic carbocycles. The van der Waals surface area contributed by atoms with Gasteiger partial charge in [-0.2, -0.15) is 0 Å². The highest BCUT2D eigenvalue weighted by Gasteiger charge is 2.30. The molecule has 166 valence electrons. The van der Waals surface area contributed by atoms with E-state index >= 15 is 0 Å². The number of nitrogens with one attached hydrogen (secondary N) is 1. The van der Waals surface area contributed by atoms with Gasteiger partial charge < -0.3 is 15.0 Å². The molecule has 8 heteroatoms. The SMILES string of the molecule is COc1ccc(CNC(=O)C2CCCN(C(=O)c3sc(-c4cccnc4)nc3C)C2)cc1. The van der Waals surface area contributed by atoms with Crippen molar-refractivity contribution in [3.63, 3.8) is 0 Å². The van der Waals surface area contributed by atoms with E-state index in [1.807, 2.05) is 43.3 Å². The molecular formula is C24H26N4O3S. The van der Waals surface area contributed by atoms with Crippen molar-refractivity contribution in [1.29, 1.82) is 0 Å². The molecule has 2 amide bonds. The zero-order chi connectivity index (χ0) is 22.5. The van der Waals surface area contributed by atoms with Gasteiger partial charge in [0.05, 0.1) is 18.7 Å². The van der Waals surface area contributed by atoms with Gasteiger partial charge in [-0.25, -0.2) is 4.98 Å². The van der Waals surface area contributed by atoms with E-state index in [-0.39, 0.29) is 17.7 Å². The fourth-order valence-corrected chi connectivity index (χ4v) is 4.83. The number of nitrogens with zero attached hydrogens (tertiary/aromatic N) is 3. The van der Waals surface area contributed by atoms with Crippen molar-refractivity contribution in [2.24, 2.45) is 5.92 Å². The highest BCUT2D eigenvalue weighted by Crippen LogP contribution is 2.29. The maximum atomic E-state index is 13.2. The number of amides is 2. The van der Waals surface area contributed by atoms with Crippen LogP contribution >= 0.6 is 11.3 Å². The number of piperidine rings is 1. The van der Waals surface area contributed by atoms with Crippen molar-refractivity contribution in [3.05, 3.63) is 64.9 Å². The predicted octanol–water partition coefficient (Wildman–Crippen LogP) is 3.69. The lowest BCUT2D eigenvalue weighted by atomic mass is 9.96. The third kappa shape index (κ3) is 4.96. The summed E-state index contributed by atoms with van der Waals surface area (Å²) in [5.41, 5.74) is 2.62. The van der Waals surface area contributed by atoms with Gasteiger partial charge in [0.1, 0.15) is 15.6 Å². The summed E-state index contributed by atoms with van der Waals surface area (Å²) < 4.78 is 5.16. The average Bonchev–Trinajstić information content (AvgIpc) is 3.24. The van der Waals surface area contributed by atoms with Gasteiger partial charge in [0.2, 0.25) is 5.91 Å². The zero-order valence-electron chi connectivity index (χ0n) is 18.2. The van der Waals surface area contributed by atoms with Crippen LogP contribution in [0.5, 0.6) is 5.75 Å². The Kier molecular flexibility index (Phi) is 6.80. The zero-order valence-corrected chi connectivity index (χ0v) is 19.0. The maximum absolute atomic E-state index is 13.2. The van der Waals surface area contributed by atoms with Crippen LogP contribution in [0.2, 0.25) is 0 Å². The van der Waals surface area contributed by atoms with Crippen molar-refractivity contribution < 1.29 is 14.3 Å². The summed E-state index contributed by atoms with van der Waals surface area (Å²) >= 11 is 1.38. The van der Waals surface area contributed by atoms with Crippen molar-refractivity contribution in [2.45, 2.75) is 26.3 Å². The number of thiazole rings is 1. The highest BCUT2D eigenvalue weighted by atomic mass is 32.1. The molecule has 0 spiro atoms. The summed E-state index contributed by atoms with van der Waals surface area (Å²) in [5, 5.41) is 3.79. The third-order valence-electron chi connectivity index (χ3n) is 5.60. The monoisotopic (exact) mass is 450 g/mol. The Morgan fingerprint density at radius 2 is 2.06 bits per heavy atom. The lowest BCUT2D eigenvalue weighted by Gasteiger charge is -2.31. The molecule has 1 fully saturated rings. The Bertz CT molecular complexity index is 1080. The molecule has 3 aromatic rings. The summed E-state index contributed by atoms with van der Waals surface area (Å²) in [6, 6.07) is 11.4. The van der Waals surface area contributed by atoms with Gasteiger partial charge in [0.15, 0.2) is 0 Å². The summed E-state index contributed by atoms with van der Waals surface area (Å²) in [7, 11) is 1.63. The van der Waals surface area contributed by atoms with Crippen molar-refractivity contribution in [2.75, 3.05) is 20.2 Å². The molecule has 1 unspecified atom stereocenters. The van der Waals surface area contributed by atoms with Crippen LogP contribution in [-0.2, 0) is 11.3 Å². The first-order valence-electron chi connectivity index (χ1n) is 10.6. The third-order valence-corrected chi connectivity index (χ3v) is 6.80. The Labute approximate surface area is 191 Å². The van der Waals surface area contributed by atoms with Gasteiger partial charge in [0.25, 0.3) is 5.91 Å².